The van der Waals surface area contributed by atoms with Crippen molar-refractivity contribution in [3.05, 3.63) is 71.0 Å². The predicted molar refractivity (Wildman–Crippen MR) is 196 cm³/mol. The molecule has 11 nitrogen and oxygen atoms in total. The van der Waals surface area contributed by atoms with Crippen LogP contribution in [0.4, 0.5) is 5.69 Å². The van der Waals surface area contributed by atoms with E-state index in [1.807, 2.05) is 43.3 Å². The molecule has 0 aliphatic heterocycles. The van der Waals surface area contributed by atoms with Gasteiger partial charge in [-0.2, -0.15) is 0 Å². The summed E-state index contributed by atoms with van der Waals surface area (Å²) >= 11 is 0. The van der Waals surface area contributed by atoms with Gasteiger partial charge >= 0.3 is 0 Å². The minimum Gasteiger partial charge on any atom is -0.506 e. The van der Waals surface area contributed by atoms with Crippen molar-refractivity contribution in [3.63, 3.8) is 0 Å². The predicted octanol–water partition coefficient (Wildman–Crippen LogP) is 3.82. The molecule has 4 unspecified atom stereocenters. The Bertz CT molecular complexity index is 1870. The second-order valence-corrected chi connectivity index (χ2v) is 16.0. The van der Waals surface area contributed by atoms with Gasteiger partial charge in [-0.25, -0.2) is 0 Å². The fraction of sp³-hybridized carbons (Fsp3) is 0.512. The third kappa shape index (κ3) is 6.37. The van der Waals surface area contributed by atoms with Gasteiger partial charge in [-0.05, 0) is 86.9 Å². The minimum atomic E-state index is -2.72. The number of aromatic hydroxyl groups is 1. The molecule has 2 aromatic carbocycles. The lowest BCUT2D eigenvalue weighted by Gasteiger charge is -2.55. The van der Waals surface area contributed by atoms with Gasteiger partial charge in [-0.3, -0.25) is 19.2 Å². The zero-order valence-electron chi connectivity index (χ0n) is 30.8. The van der Waals surface area contributed by atoms with E-state index in [0.717, 1.165) is 25.0 Å². The summed E-state index contributed by atoms with van der Waals surface area (Å²) in [6.45, 7) is 4.43. The number of likely N-dealkylation sites (N-methyl/N-ethyl adjacent to an activating group) is 1. The molecule has 52 heavy (non-hydrogen) atoms. The highest BCUT2D eigenvalue weighted by molar-refractivity contribution is 6.26. The second kappa shape index (κ2) is 14.2. The number of carbonyl (C=O) groups excluding carboxylic acids is 4. The zero-order valence-corrected chi connectivity index (χ0v) is 30.8. The average Bonchev–Trinajstić information content (AvgIpc) is 3.53. The Labute approximate surface area is 304 Å². The van der Waals surface area contributed by atoms with Crippen molar-refractivity contribution in [1.29, 1.82) is 0 Å². The van der Waals surface area contributed by atoms with E-state index < -0.39 is 64.7 Å². The number of hydrogen-bond donors (Lipinski definition) is 4. The number of furan rings is 1. The van der Waals surface area contributed by atoms with Gasteiger partial charge in [0.15, 0.2) is 23.0 Å². The maximum Gasteiger partial charge on any atom is 0.230 e. The molecular weight excluding hydrogens is 662 g/mol. The number of nitrogens with zero attached hydrogens (tertiary/aromatic N) is 2. The number of fused-ring (bicyclic) bond motifs is 3. The number of primary amides is 1. The summed E-state index contributed by atoms with van der Waals surface area (Å²) in [4.78, 5) is 58.4. The highest BCUT2D eigenvalue weighted by Gasteiger charge is 2.69. The normalized spacial score (nSPS) is 27.7. The molecule has 1 aromatic heterocycles. The van der Waals surface area contributed by atoms with Gasteiger partial charge in [0.05, 0.1) is 23.1 Å². The SMILES string of the molecule is CC(C)CCC(Cc1ccccc1)Cc1ccc(-c2cc(N(C)C)c3c(c2O)C(=O)C2C(=O)[C@@]4(O)C(=O)C(C(N)=O)C(O)[C@H](N(C)C)[C@H]4C[C@H]2C3)o1. The first kappa shape index (κ1) is 37.4. The number of carbonyl (C=O) groups is 4. The van der Waals surface area contributed by atoms with Crippen LogP contribution in [0.2, 0.25) is 0 Å². The van der Waals surface area contributed by atoms with Gasteiger partial charge in [0, 0.05) is 38.2 Å². The van der Waals surface area contributed by atoms with Crippen LogP contribution in [-0.2, 0) is 33.6 Å². The Morgan fingerprint density at radius 2 is 1.69 bits per heavy atom. The van der Waals surface area contributed by atoms with Crippen LogP contribution in [0.3, 0.4) is 0 Å². The summed E-state index contributed by atoms with van der Waals surface area (Å²) < 4.78 is 6.38. The Balaban J connectivity index is 1.37. The monoisotopic (exact) mass is 713 g/mol. The van der Waals surface area contributed by atoms with Crippen molar-refractivity contribution >= 4 is 28.9 Å². The van der Waals surface area contributed by atoms with Crippen molar-refractivity contribution in [2.24, 2.45) is 41.2 Å². The van der Waals surface area contributed by atoms with Crippen LogP contribution >= 0.6 is 0 Å². The molecule has 3 aromatic rings. The van der Waals surface area contributed by atoms with Crippen LogP contribution in [0, 0.1) is 35.5 Å². The summed E-state index contributed by atoms with van der Waals surface area (Å²) in [5.41, 5.74) is 5.51. The first-order valence-corrected chi connectivity index (χ1v) is 18.2. The summed E-state index contributed by atoms with van der Waals surface area (Å²) in [7, 11) is 6.91. The van der Waals surface area contributed by atoms with Gasteiger partial charge in [0.25, 0.3) is 0 Å². The number of benzene rings is 2. The maximum absolute atomic E-state index is 14.5. The number of phenolic OH excluding ortho intramolecular Hbond substituents is 1. The van der Waals surface area contributed by atoms with E-state index in [0.29, 0.717) is 40.8 Å². The fourth-order valence-corrected chi connectivity index (χ4v) is 9.17. The molecule has 3 aliphatic carbocycles. The third-order valence-corrected chi connectivity index (χ3v) is 11.7. The molecule has 0 spiro atoms. The standard InChI is InChI=1S/C41H51N3O8/c1-21(2)12-13-23(16-22-10-8-7-9-11-22)17-25-14-15-30(52-25)27-20-29(43(3)4)26-18-24-19-28-34(44(5)6)37(47)33(40(42)50)39(49)41(28,51)38(48)31(24)36(46)32(26)35(27)45/h7-11,14-15,20-21,23-24,28,31,33-34,37,45,47,51H,12-13,16-19H2,1-6H3,(H2,42,50)/t23?,24-,28-,31?,33?,34-,37?,41-/m1/s1. The second-order valence-electron chi connectivity index (χ2n) is 16.0. The fourth-order valence-electron chi connectivity index (χ4n) is 9.17. The Kier molecular flexibility index (Phi) is 10.3. The van der Waals surface area contributed by atoms with E-state index in [1.165, 1.54) is 5.56 Å². The van der Waals surface area contributed by atoms with Crippen molar-refractivity contribution in [2.45, 2.75) is 70.1 Å². The quantitative estimate of drug-likeness (QED) is 0.214. The van der Waals surface area contributed by atoms with Crippen LogP contribution in [0.5, 0.6) is 5.75 Å². The molecule has 0 radical (unpaired) electrons. The largest absolute Gasteiger partial charge is 0.506 e. The molecule has 6 rings (SSSR count). The van der Waals surface area contributed by atoms with Crippen LogP contribution in [0.1, 0.15) is 60.4 Å². The summed E-state index contributed by atoms with van der Waals surface area (Å²) in [6, 6.07) is 14.9. The number of aliphatic hydroxyl groups is 2. The number of rotatable bonds is 11. The highest BCUT2D eigenvalue weighted by Crippen LogP contribution is 2.53. The Hall–Kier alpha value is -4.32. The van der Waals surface area contributed by atoms with E-state index in [-0.39, 0.29) is 24.2 Å². The van der Waals surface area contributed by atoms with Crippen molar-refractivity contribution in [2.75, 3.05) is 33.1 Å². The molecule has 2 saturated carbocycles. The van der Waals surface area contributed by atoms with E-state index in [1.54, 1.807) is 31.1 Å². The number of anilines is 1. The topological polar surface area (TPSA) is 175 Å². The number of aliphatic hydroxyl groups excluding tert-OH is 1. The van der Waals surface area contributed by atoms with Gasteiger partial charge in [0.2, 0.25) is 5.91 Å². The molecule has 2 fully saturated rings. The third-order valence-electron chi connectivity index (χ3n) is 11.7. The van der Waals surface area contributed by atoms with Crippen molar-refractivity contribution in [3.8, 4) is 17.1 Å². The molecule has 1 heterocycles. The average molecular weight is 714 g/mol. The molecule has 8 atom stereocenters. The molecule has 0 saturated heterocycles. The van der Waals surface area contributed by atoms with Gasteiger partial charge in [-0.15, -0.1) is 0 Å². The molecule has 3 aliphatic rings. The van der Waals surface area contributed by atoms with E-state index >= 15 is 0 Å². The lowest BCUT2D eigenvalue weighted by atomic mass is 9.52. The zero-order chi connectivity index (χ0) is 37.8. The van der Waals surface area contributed by atoms with Gasteiger partial charge in [-0.1, -0.05) is 50.6 Å². The molecule has 278 valence electrons. The Morgan fingerprint density at radius 1 is 1.00 bits per heavy atom. The number of Topliss-reactive ketones (excluding diaryl/α,β-unsaturated/α-hetero) is 3. The van der Waals surface area contributed by atoms with Crippen molar-refractivity contribution < 1.29 is 38.9 Å². The maximum atomic E-state index is 14.5. The number of hydrogen-bond acceptors (Lipinski definition) is 10. The van der Waals surface area contributed by atoms with E-state index in [4.69, 9.17) is 10.2 Å². The van der Waals surface area contributed by atoms with Crippen LogP contribution in [0.15, 0.2) is 52.9 Å². The van der Waals surface area contributed by atoms with Crippen LogP contribution in [-0.4, -0.2) is 89.4 Å². The number of phenols is 1. The van der Waals surface area contributed by atoms with Gasteiger partial charge in [0.1, 0.15) is 23.2 Å². The molecule has 1 amide bonds. The summed E-state index contributed by atoms with van der Waals surface area (Å²) in [6.07, 6.45) is 2.39. The first-order valence-electron chi connectivity index (χ1n) is 18.2. The molecule has 0 bridgehead atoms. The van der Waals surface area contributed by atoms with Crippen LogP contribution in [0.25, 0.3) is 11.3 Å². The number of nitrogens with two attached hydrogens (primary N) is 1. The number of amides is 1. The lowest BCUT2D eigenvalue weighted by molar-refractivity contribution is -0.190. The van der Waals surface area contributed by atoms with E-state index in [2.05, 4.69) is 26.0 Å². The molecule has 11 heteroatoms. The molecular formula is C41H51N3O8. The minimum absolute atomic E-state index is 0.0476. The van der Waals surface area contributed by atoms with E-state index in [9.17, 15) is 34.5 Å². The first-order chi connectivity index (χ1) is 24.6. The highest BCUT2D eigenvalue weighted by atomic mass is 16.3. The summed E-state index contributed by atoms with van der Waals surface area (Å²) in [5, 5.41) is 35.0. The number of ketones is 3. The lowest BCUT2D eigenvalue weighted by Crippen LogP contribution is -2.75. The van der Waals surface area contributed by atoms with Gasteiger partial charge < -0.3 is 35.3 Å². The summed E-state index contributed by atoms with van der Waals surface area (Å²) in [5.74, 6) is -7.40. The smallest absolute Gasteiger partial charge is 0.230 e. The van der Waals surface area contributed by atoms with Crippen molar-refractivity contribution in [1.82, 2.24) is 4.90 Å². The Morgan fingerprint density at radius 3 is 2.31 bits per heavy atom. The van der Waals surface area contributed by atoms with Crippen LogP contribution < -0.4 is 10.6 Å². The molecule has 5 N–H and O–H groups in total.